The molecule has 1 saturated heterocycles. The molecule has 1 fully saturated rings. The van der Waals surface area contributed by atoms with Gasteiger partial charge in [-0.2, -0.15) is 5.10 Å². The summed E-state index contributed by atoms with van der Waals surface area (Å²) in [7, 11) is 0. The molecule has 0 aliphatic carbocycles. The third-order valence-corrected chi connectivity index (χ3v) is 6.42. The molecule has 150 valence electrons. The van der Waals surface area contributed by atoms with Gasteiger partial charge in [-0.1, -0.05) is 6.07 Å². The number of amides is 1. The second-order valence-corrected chi connectivity index (χ2v) is 8.32. The number of hydrogen-bond acceptors (Lipinski definition) is 5. The van der Waals surface area contributed by atoms with Gasteiger partial charge in [-0.05, 0) is 17.7 Å². The maximum absolute atomic E-state index is 13.4. The number of fused-ring (bicyclic) bond motifs is 3. The molecule has 0 saturated carbocycles. The summed E-state index contributed by atoms with van der Waals surface area (Å²) in [6, 6.07) is 5.86. The van der Waals surface area contributed by atoms with Crippen LogP contribution in [-0.4, -0.2) is 51.6 Å². The summed E-state index contributed by atoms with van der Waals surface area (Å²) < 4.78 is 32.7. The summed E-state index contributed by atoms with van der Waals surface area (Å²) in [4.78, 5) is 19.9. The lowest BCUT2D eigenvalue weighted by atomic mass is 10.0. The van der Waals surface area contributed by atoms with Crippen LogP contribution < -0.4 is 4.74 Å². The molecule has 0 atom stereocenters. The van der Waals surface area contributed by atoms with Gasteiger partial charge in [0.05, 0.1) is 18.5 Å². The van der Waals surface area contributed by atoms with Crippen LogP contribution in [-0.2, 0) is 6.42 Å². The number of aromatic nitrogens is 3. The van der Waals surface area contributed by atoms with E-state index in [1.807, 2.05) is 24.4 Å². The average Bonchev–Trinajstić information content (AvgIpc) is 3.35. The van der Waals surface area contributed by atoms with Crippen LogP contribution in [0.25, 0.3) is 22.4 Å². The van der Waals surface area contributed by atoms with Gasteiger partial charge in [-0.15, -0.1) is 11.3 Å². The quantitative estimate of drug-likeness (QED) is 0.685. The molecular formula is C20H18F2N4O2S. The van der Waals surface area contributed by atoms with E-state index in [-0.39, 0.29) is 31.8 Å². The number of aromatic amines is 1. The molecular weight excluding hydrogens is 398 g/mol. The Morgan fingerprint density at radius 2 is 2.07 bits per heavy atom. The minimum Gasteiger partial charge on any atom is -0.492 e. The first-order valence-corrected chi connectivity index (χ1v) is 10.2. The summed E-state index contributed by atoms with van der Waals surface area (Å²) in [5.41, 5.74) is 3.51. The Morgan fingerprint density at radius 3 is 2.83 bits per heavy atom. The molecule has 1 amide bonds. The lowest BCUT2D eigenvalue weighted by Crippen LogP contribution is -2.42. The van der Waals surface area contributed by atoms with Crippen molar-refractivity contribution < 1.29 is 18.3 Å². The lowest BCUT2D eigenvalue weighted by molar-refractivity contribution is -0.0494. The van der Waals surface area contributed by atoms with Crippen molar-refractivity contribution in [2.45, 2.75) is 25.2 Å². The Kier molecular flexibility index (Phi) is 4.34. The van der Waals surface area contributed by atoms with Crippen molar-refractivity contribution in [3.8, 4) is 28.1 Å². The molecule has 0 bridgehead atoms. The number of benzene rings is 1. The molecule has 5 rings (SSSR count). The van der Waals surface area contributed by atoms with E-state index in [1.165, 1.54) is 16.2 Å². The monoisotopic (exact) mass is 416 g/mol. The van der Waals surface area contributed by atoms with Crippen molar-refractivity contribution in [3.63, 3.8) is 0 Å². The molecule has 0 unspecified atom stereocenters. The third-order valence-electron chi connectivity index (χ3n) is 5.32. The zero-order valence-electron chi connectivity index (χ0n) is 15.5. The predicted molar refractivity (Wildman–Crippen MR) is 104 cm³/mol. The Labute approximate surface area is 169 Å². The average molecular weight is 416 g/mol. The molecule has 1 N–H and O–H groups in total. The molecule has 9 heteroatoms. The summed E-state index contributed by atoms with van der Waals surface area (Å²) >= 11 is 1.33. The number of nitrogens with zero attached hydrogens (tertiary/aromatic N) is 3. The van der Waals surface area contributed by atoms with E-state index in [9.17, 15) is 13.6 Å². The minimum absolute atomic E-state index is 0.0594. The van der Waals surface area contributed by atoms with Crippen LogP contribution in [0.2, 0.25) is 0 Å². The first kappa shape index (κ1) is 18.2. The topological polar surface area (TPSA) is 71.1 Å². The van der Waals surface area contributed by atoms with E-state index in [0.29, 0.717) is 23.8 Å². The predicted octanol–water partition coefficient (Wildman–Crippen LogP) is 4.01. The summed E-state index contributed by atoms with van der Waals surface area (Å²) in [6.07, 6.45) is 3.61. The Morgan fingerprint density at radius 1 is 1.24 bits per heavy atom. The van der Waals surface area contributed by atoms with Gasteiger partial charge >= 0.3 is 0 Å². The molecule has 0 radical (unpaired) electrons. The van der Waals surface area contributed by atoms with Gasteiger partial charge in [0.1, 0.15) is 5.75 Å². The van der Waals surface area contributed by atoms with Crippen LogP contribution >= 0.6 is 11.3 Å². The van der Waals surface area contributed by atoms with Gasteiger partial charge in [0.25, 0.3) is 11.8 Å². The van der Waals surface area contributed by atoms with Crippen LogP contribution in [0.3, 0.4) is 0 Å². The number of carbonyl (C=O) groups is 1. The fourth-order valence-corrected chi connectivity index (χ4v) is 4.70. The van der Waals surface area contributed by atoms with Crippen molar-refractivity contribution in [3.05, 3.63) is 40.5 Å². The van der Waals surface area contributed by atoms with Crippen molar-refractivity contribution in [2.24, 2.45) is 0 Å². The van der Waals surface area contributed by atoms with Crippen LogP contribution in [0, 0.1) is 0 Å². The lowest BCUT2D eigenvalue weighted by Gasteiger charge is -2.31. The molecule has 29 heavy (non-hydrogen) atoms. The highest BCUT2D eigenvalue weighted by Crippen LogP contribution is 2.40. The minimum atomic E-state index is -2.68. The first-order valence-electron chi connectivity index (χ1n) is 9.43. The highest BCUT2D eigenvalue weighted by molar-refractivity contribution is 7.14. The zero-order chi connectivity index (χ0) is 20.0. The summed E-state index contributed by atoms with van der Waals surface area (Å²) in [5.74, 6) is -2.24. The van der Waals surface area contributed by atoms with E-state index in [4.69, 9.17) is 4.74 Å². The summed E-state index contributed by atoms with van der Waals surface area (Å²) in [5, 5.41) is 7.13. The van der Waals surface area contributed by atoms with Crippen molar-refractivity contribution in [1.82, 2.24) is 20.1 Å². The Balaban J connectivity index is 1.45. The van der Waals surface area contributed by atoms with Crippen LogP contribution in [0.15, 0.2) is 30.6 Å². The smallest absolute Gasteiger partial charge is 0.282 e. The Hall–Kier alpha value is -2.81. The van der Waals surface area contributed by atoms with E-state index in [0.717, 1.165) is 27.3 Å². The van der Waals surface area contributed by atoms with Gasteiger partial charge in [0, 0.05) is 54.6 Å². The highest BCUT2D eigenvalue weighted by Gasteiger charge is 2.36. The maximum Gasteiger partial charge on any atom is 0.282 e. The molecule has 3 aromatic rings. The normalized spacial score (nSPS) is 17.8. The van der Waals surface area contributed by atoms with Gasteiger partial charge in [0.15, 0.2) is 5.01 Å². The molecule has 2 aliphatic heterocycles. The number of ether oxygens (including phenoxy) is 1. The second-order valence-electron chi connectivity index (χ2n) is 7.24. The van der Waals surface area contributed by atoms with Gasteiger partial charge < -0.3 is 9.64 Å². The number of thiazole rings is 1. The number of H-pyrrole nitrogens is 1. The number of alkyl halides is 2. The number of carbonyl (C=O) groups excluding carboxylic acids is 1. The second kappa shape index (κ2) is 6.91. The number of rotatable bonds is 2. The number of likely N-dealkylation sites (tertiary alicyclic amines) is 1. The third kappa shape index (κ3) is 3.39. The Bertz CT molecular complexity index is 1050. The van der Waals surface area contributed by atoms with E-state index >= 15 is 0 Å². The number of hydrogen-bond donors (Lipinski definition) is 1. The zero-order valence-corrected chi connectivity index (χ0v) is 16.3. The van der Waals surface area contributed by atoms with Crippen LogP contribution in [0.1, 0.15) is 27.5 Å². The van der Waals surface area contributed by atoms with Gasteiger partial charge in [-0.25, -0.2) is 13.8 Å². The number of piperidine rings is 1. The standard InChI is InChI=1S/C20H18F2N4O2S/c21-20(22)4-6-26(7-5-20)19(27)18-25-17-14-2-1-12(13-10-23-24-11-13)9-15(14)28-8-3-16(17)29-18/h1-2,9-11H,3-8H2,(H,23,24). The first-order chi connectivity index (χ1) is 14.0. The van der Waals surface area contributed by atoms with Gasteiger partial charge in [-0.3, -0.25) is 9.89 Å². The largest absolute Gasteiger partial charge is 0.492 e. The molecule has 6 nitrogen and oxygen atoms in total. The van der Waals surface area contributed by atoms with E-state index in [1.54, 1.807) is 6.20 Å². The summed E-state index contributed by atoms with van der Waals surface area (Å²) in [6.45, 7) is 0.605. The number of nitrogens with one attached hydrogen (secondary N) is 1. The fraction of sp³-hybridized carbons (Fsp3) is 0.350. The van der Waals surface area contributed by atoms with Crippen molar-refractivity contribution in [2.75, 3.05) is 19.7 Å². The fourth-order valence-electron chi connectivity index (χ4n) is 3.67. The van der Waals surface area contributed by atoms with Crippen LogP contribution in [0.5, 0.6) is 5.75 Å². The van der Waals surface area contributed by atoms with Crippen molar-refractivity contribution >= 4 is 17.2 Å². The molecule has 4 heterocycles. The SMILES string of the molecule is O=C(c1nc2c(s1)CCOc1cc(-c3cn[nH]c3)ccc1-2)N1CCC(F)(F)CC1. The van der Waals surface area contributed by atoms with E-state index in [2.05, 4.69) is 15.2 Å². The molecule has 2 aliphatic rings. The van der Waals surface area contributed by atoms with Crippen molar-refractivity contribution in [1.29, 1.82) is 0 Å². The van der Waals surface area contributed by atoms with E-state index < -0.39 is 5.92 Å². The highest BCUT2D eigenvalue weighted by atomic mass is 32.1. The van der Waals surface area contributed by atoms with Gasteiger partial charge in [0.2, 0.25) is 0 Å². The maximum atomic E-state index is 13.4. The van der Waals surface area contributed by atoms with Crippen LogP contribution in [0.4, 0.5) is 8.78 Å². The molecule has 2 aromatic heterocycles. The number of halogens is 2. The molecule has 1 aromatic carbocycles. The molecule has 0 spiro atoms.